The number of carbonyl (C=O) groups excluding carboxylic acids is 1. The molecule has 0 N–H and O–H groups in total. The smallest absolute Gasteiger partial charge is 0.355 e. The Morgan fingerprint density at radius 3 is 1.93 bits per heavy atom. The molecule has 2 heterocycles. The van der Waals surface area contributed by atoms with Crippen LogP contribution in [0.25, 0.3) is 0 Å². The Bertz CT molecular complexity index is 1630. The zero-order valence-electron chi connectivity index (χ0n) is 22.6. The van der Waals surface area contributed by atoms with Gasteiger partial charge in [-0.25, -0.2) is 25.9 Å². The van der Waals surface area contributed by atoms with E-state index in [1.807, 2.05) is 44.2 Å². The lowest BCUT2D eigenvalue weighted by Crippen LogP contribution is -2.55. The van der Waals surface area contributed by atoms with Gasteiger partial charge in [0.2, 0.25) is 10.0 Å². The zero-order chi connectivity index (χ0) is 28.7. The second kappa shape index (κ2) is 10.8. The van der Waals surface area contributed by atoms with E-state index in [0.717, 1.165) is 21.0 Å². The monoisotopic (exact) mass is 580 g/mol. The van der Waals surface area contributed by atoms with Gasteiger partial charge in [-0.05, 0) is 63.1 Å². The molecule has 0 amide bonds. The predicted molar refractivity (Wildman–Crippen MR) is 151 cm³/mol. The Morgan fingerprint density at radius 2 is 1.38 bits per heavy atom. The molecule has 210 valence electrons. The van der Waals surface area contributed by atoms with Gasteiger partial charge in [0, 0.05) is 18.4 Å². The third-order valence-electron chi connectivity index (χ3n) is 7.51. The molecule has 0 radical (unpaired) electrons. The fourth-order valence-corrected chi connectivity index (χ4v) is 8.87. The fourth-order valence-electron chi connectivity index (χ4n) is 5.52. The van der Waals surface area contributed by atoms with Crippen LogP contribution in [-0.2, 0) is 29.6 Å². The van der Waals surface area contributed by atoms with Gasteiger partial charge in [0.05, 0.1) is 16.4 Å². The van der Waals surface area contributed by atoms with Crippen molar-refractivity contribution in [2.75, 3.05) is 13.2 Å². The van der Waals surface area contributed by atoms with Crippen molar-refractivity contribution in [1.82, 2.24) is 8.61 Å². The summed E-state index contributed by atoms with van der Waals surface area (Å²) in [5.41, 5.74) is 2.44. The van der Waals surface area contributed by atoms with Crippen LogP contribution in [-0.4, -0.2) is 50.7 Å². The van der Waals surface area contributed by atoms with Crippen molar-refractivity contribution in [3.8, 4) is 0 Å². The topological polar surface area (TPSA) is 101 Å². The largest absolute Gasteiger partial charge is 0.461 e. The van der Waals surface area contributed by atoms with Crippen LogP contribution in [0, 0.1) is 19.8 Å². The van der Waals surface area contributed by atoms with Crippen molar-refractivity contribution in [2.45, 2.75) is 49.1 Å². The summed E-state index contributed by atoms with van der Waals surface area (Å²) in [6, 6.07) is 22.2. The van der Waals surface area contributed by atoms with Gasteiger partial charge in [0.25, 0.3) is 10.0 Å². The van der Waals surface area contributed by atoms with Crippen LogP contribution in [0.3, 0.4) is 0 Å². The molecule has 0 aromatic heterocycles. The van der Waals surface area contributed by atoms with Crippen LogP contribution in [0.4, 0.5) is 0 Å². The second-order valence-corrected chi connectivity index (χ2v) is 13.8. The number of hydrogen-bond donors (Lipinski definition) is 0. The van der Waals surface area contributed by atoms with Crippen LogP contribution in [0.5, 0.6) is 0 Å². The summed E-state index contributed by atoms with van der Waals surface area (Å²) in [5, 5.41) is 0. The van der Waals surface area contributed by atoms with Crippen LogP contribution in [0.1, 0.15) is 36.0 Å². The number of sulfonamides is 2. The minimum absolute atomic E-state index is 0.0318. The first-order valence-electron chi connectivity index (χ1n) is 13.2. The number of carbonyl (C=O) groups is 1. The van der Waals surface area contributed by atoms with Gasteiger partial charge < -0.3 is 4.74 Å². The SMILES string of the molecule is CCOC(=O)C1=C[C@H](c2ccccc2)[C@H]2CCN(S(=O)(=O)c3ccc(C)cc3)[C@H]2N1S(=O)(=O)c1ccc(C)cc1. The Balaban J connectivity index is 1.74. The van der Waals surface area contributed by atoms with Gasteiger partial charge in [0.1, 0.15) is 11.9 Å². The third-order valence-corrected chi connectivity index (χ3v) is 11.2. The number of benzene rings is 3. The highest BCUT2D eigenvalue weighted by Gasteiger charge is 2.55. The molecular weight excluding hydrogens is 548 g/mol. The Labute approximate surface area is 236 Å². The van der Waals surface area contributed by atoms with Gasteiger partial charge >= 0.3 is 5.97 Å². The van der Waals surface area contributed by atoms with Gasteiger partial charge in [0.15, 0.2) is 0 Å². The maximum atomic E-state index is 14.3. The van der Waals surface area contributed by atoms with E-state index in [0.29, 0.717) is 6.42 Å². The first kappa shape index (κ1) is 28.1. The molecule has 0 aliphatic carbocycles. The minimum atomic E-state index is -4.38. The molecule has 2 aliphatic heterocycles. The zero-order valence-corrected chi connectivity index (χ0v) is 24.2. The summed E-state index contributed by atoms with van der Waals surface area (Å²) in [5.74, 6) is -1.67. The van der Waals surface area contributed by atoms with Crippen molar-refractivity contribution < 1.29 is 26.4 Å². The summed E-state index contributed by atoms with van der Waals surface area (Å²) < 4.78 is 64.3. The molecule has 0 unspecified atom stereocenters. The summed E-state index contributed by atoms with van der Waals surface area (Å²) in [6.07, 6.45) is 0.858. The third kappa shape index (κ3) is 4.95. The number of rotatable bonds is 7. The average Bonchev–Trinajstić information content (AvgIpc) is 3.39. The summed E-state index contributed by atoms with van der Waals surface area (Å²) in [7, 11) is -8.50. The normalized spacial score (nSPS) is 21.5. The predicted octanol–water partition coefficient (Wildman–Crippen LogP) is 4.58. The number of allylic oxidation sites excluding steroid dienone is 1. The second-order valence-electron chi connectivity index (χ2n) is 10.1. The lowest BCUT2D eigenvalue weighted by atomic mass is 9.81. The molecule has 2 aliphatic rings. The summed E-state index contributed by atoms with van der Waals surface area (Å²) >= 11 is 0. The molecule has 0 spiro atoms. The Morgan fingerprint density at radius 1 is 0.825 bits per heavy atom. The number of hydrogen-bond acceptors (Lipinski definition) is 6. The van der Waals surface area contributed by atoms with Crippen molar-refractivity contribution in [3.05, 3.63) is 107 Å². The Kier molecular flexibility index (Phi) is 7.60. The molecule has 0 bridgehead atoms. The standard InChI is InChI=1S/C30H32N2O6S2/c1-4-38-30(33)28-20-27(23-8-6-5-7-9-23)26-18-19-31(39(34,35)24-14-10-21(2)11-15-24)29(26)32(28)40(36,37)25-16-12-22(3)13-17-25/h5-17,20,26-27,29H,4,18-19H2,1-3H3/t26-,27-,29+/m1/s1. The number of esters is 1. The van der Waals surface area contributed by atoms with Crippen molar-refractivity contribution in [3.63, 3.8) is 0 Å². The highest BCUT2D eigenvalue weighted by Crippen LogP contribution is 2.48. The summed E-state index contributed by atoms with van der Waals surface area (Å²) in [4.78, 5) is 13.4. The number of aryl methyl sites for hydroxylation is 2. The maximum absolute atomic E-state index is 14.3. The molecule has 1 saturated heterocycles. The number of fused-ring (bicyclic) bond motifs is 1. The van der Waals surface area contributed by atoms with Crippen LogP contribution in [0.2, 0.25) is 0 Å². The first-order chi connectivity index (χ1) is 19.1. The Hall–Kier alpha value is -3.47. The van der Waals surface area contributed by atoms with E-state index >= 15 is 0 Å². The molecule has 3 aromatic carbocycles. The number of ether oxygens (including phenoxy) is 1. The molecule has 0 saturated carbocycles. The van der Waals surface area contributed by atoms with E-state index in [1.165, 1.54) is 28.6 Å². The van der Waals surface area contributed by atoms with Crippen molar-refractivity contribution in [1.29, 1.82) is 0 Å². The minimum Gasteiger partial charge on any atom is -0.461 e. The van der Waals surface area contributed by atoms with E-state index in [-0.39, 0.29) is 28.6 Å². The van der Waals surface area contributed by atoms with E-state index < -0.39 is 44.0 Å². The van der Waals surface area contributed by atoms with Crippen molar-refractivity contribution >= 4 is 26.0 Å². The summed E-state index contributed by atoms with van der Waals surface area (Å²) in [6.45, 7) is 5.47. The average molecular weight is 581 g/mol. The van der Waals surface area contributed by atoms with Crippen LogP contribution < -0.4 is 0 Å². The molecule has 3 atom stereocenters. The lowest BCUT2D eigenvalue weighted by molar-refractivity contribution is -0.140. The van der Waals surface area contributed by atoms with Gasteiger partial charge in [-0.3, -0.25) is 0 Å². The molecule has 8 nitrogen and oxygen atoms in total. The molecule has 5 rings (SSSR count). The molecule has 1 fully saturated rings. The number of nitrogens with zero attached hydrogens (tertiary/aromatic N) is 2. The van der Waals surface area contributed by atoms with Gasteiger partial charge in [-0.2, -0.15) is 4.31 Å². The van der Waals surface area contributed by atoms with E-state index in [2.05, 4.69) is 0 Å². The lowest BCUT2D eigenvalue weighted by Gasteiger charge is -2.43. The highest BCUT2D eigenvalue weighted by atomic mass is 32.2. The molecular formula is C30H32N2O6S2. The molecule has 3 aromatic rings. The molecule has 10 heteroatoms. The maximum Gasteiger partial charge on any atom is 0.355 e. The van der Waals surface area contributed by atoms with E-state index in [4.69, 9.17) is 4.74 Å². The van der Waals surface area contributed by atoms with Gasteiger partial charge in [-0.1, -0.05) is 65.7 Å². The van der Waals surface area contributed by atoms with Crippen LogP contribution in [0.15, 0.2) is 100 Å². The first-order valence-corrected chi connectivity index (χ1v) is 16.1. The van der Waals surface area contributed by atoms with Crippen LogP contribution >= 0.6 is 0 Å². The fraction of sp³-hybridized carbons (Fsp3) is 0.300. The molecule has 40 heavy (non-hydrogen) atoms. The van der Waals surface area contributed by atoms with Crippen molar-refractivity contribution in [2.24, 2.45) is 5.92 Å². The quantitative estimate of drug-likeness (QED) is 0.380. The van der Waals surface area contributed by atoms with E-state index in [1.54, 1.807) is 37.3 Å². The highest BCUT2D eigenvalue weighted by molar-refractivity contribution is 7.90. The van der Waals surface area contributed by atoms with Gasteiger partial charge in [-0.15, -0.1) is 0 Å². The van der Waals surface area contributed by atoms with E-state index in [9.17, 15) is 21.6 Å².